The van der Waals surface area contributed by atoms with Crippen molar-refractivity contribution in [3.05, 3.63) is 47.0 Å². The Balaban J connectivity index is 2.47. The van der Waals surface area contributed by atoms with E-state index < -0.39 is 5.97 Å². The summed E-state index contributed by atoms with van der Waals surface area (Å²) in [6.45, 7) is 1.59. The maximum atomic E-state index is 13.5. The lowest BCUT2D eigenvalue weighted by molar-refractivity contribution is 0.0688. The number of carbonyl (C=O) groups is 1. The first-order chi connectivity index (χ1) is 9.54. The Morgan fingerprint density at radius 3 is 2.85 bits per heavy atom. The van der Waals surface area contributed by atoms with Crippen molar-refractivity contribution in [3.8, 4) is 5.69 Å². The zero-order valence-electron chi connectivity index (χ0n) is 11.0. The number of hydrogen-bond donors (Lipinski definition) is 2. The summed E-state index contributed by atoms with van der Waals surface area (Å²) in [5, 5.41) is 22.0. The van der Waals surface area contributed by atoms with Crippen LogP contribution in [0.4, 0.5) is 4.39 Å². The molecule has 0 radical (unpaired) electrons. The van der Waals surface area contributed by atoms with Crippen LogP contribution in [0, 0.1) is 12.7 Å². The van der Waals surface area contributed by atoms with Gasteiger partial charge in [0.05, 0.1) is 5.69 Å². The lowest BCUT2D eigenvalue weighted by Crippen LogP contribution is -2.04. The molecule has 5 nitrogen and oxygen atoms in total. The second kappa shape index (κ2) is 5.83. The van der Waals surface area contributed by atoms with E-state index in [1.165, 1.54) is 10.7 Å². The van der Waals surface area contributed by atoms with Crippen molar-refractivity contribution in [1.82, 2.24) is 9.78 Å². The van der Waals surface area contributed by atoms with Gasteiger partial charge in [-0.2, -0.15) is 5.10 Å². The van der Waals surface area contributed by atoms with Crippen LogP contribution >= 0.6 is 0 Å². The topological polar surface area (TPSA) is 75.4 Å². The van der Waals surface area contributed by atoms with Crippen LogP contribution in [0.3, 0.4) is 0 Å². The van der Waals surface area contributed by atoms with E-state index >= 15 is 0 Å². The first kappa shape index (κ1) is 14.2. The van der Waals surface area contributed by atoms with Gasteiger partial charge < -0.3 is 10.2 Å². The van der Waals surface area contributed by atoms with Gasteiger partial charge in [-0.1, -0.05) is 6.07 Å². The smallest absolute Gasteiger partial charge is 0.356 e. The lowest BCUT2D eigenvalue weighted by Gasteiger charge is -2.05. The van der Waals surface area contributed by atoms with E-state index in [-0.39, 0.29) is 18.1 Å². The molecule has 0 spiro atoms. The number of aromatic nitrogens is 2. The van der Waals surface area contributed by atoms with Gasteiger partial charge in [-0.3, -0.25) is 0 Å². The van der Waals surface area contributed by atoms with Crippen LogP contribution in [0.25, 0.3) is 5.69 Å². The Kier molecular flexibility index (Phi) is 4.14. The minimum absolute atomic E-state index is 0.0246. The van der Waals surface area contributed by atoms with E-state index in [2.05, 4.69) is 5.10 Å². The molecule has 0 aliphatic rings. The van der Waals surface area contributed by atoms with Crippen LogP contribution in [-0.2, 0) is 6.42 Å². The fraction of sp³-hybridized carbons (Fsp3) is 0.286. The fourth-order valence-corrected chi connectivity index (χ4v) is 2.01. The Morgan fingerprint density at radius 1 is 1.45 bits per heavy atom. The molecule has 0 aliphatic heterocycles. The molecule has 0 unspecified atom stereocenters. The Hall–Kier alpha value is -2.21. The standard InChI is InChI=1S/C14H15FN2O3/c1-9-11(15)5-2-6-12(9)17-8-10(4-3-7-18)13(16-17)14(19)20/h2,5-6,8,18H,3-4,7H2,1H3,(H,19,20). The number of rotatable bonds is 5. The highest BCUT2D eigenvalue weighted by molar-refractivity contribution is 5.87. The molecule has 0 fully saturated rings. The van der Waals surface area contributed by atoms with Crippen molar-refractivity contribution < 1.29 is 19.4 Å². The molecule has 0 saturated heterocycles. The predicted octanol–water partition coefficient (Wildman–Crippen LogP) is 1.94. The third-order valence-corrected chi connectivity index (χ3v) is 3.08. The summed E-state index contributed by atoms with van der Waals surface area (Å²) in [5.74, 6) is -1.50. The van der Waals surface area contributed by atoms with Crippen molar-refractivity contribution in [2.24, 2.45) is 0 Å². The third kappa shape index (κ3) is 2.70. The van der Waals surface area contributed by atoms with Crippen LogP contribution in [0.2, 0.25) is 0 Å². The molecule has 0 atom stereocenters. The molecular weight excluding hydrogens is 263 g/mol. The summed E-state index contributed by atoms with van der Waals surface area (Å²) in [4.78, 5) is 11.2. The molecule has 0 amide bonds. The van der Waals surface area contributed by atoms with Crippen LogP contribution in [-0.4, -0.2) is 32.6 Å². The highest BCUT2D eigenvalue weighted by Crippen LogP contribution is 2.19. The molecule has 2 rings (SSSR count). The maximum Gasteiger partial charge on any atom is 0.356 e. The molecular formula is C14H15FN2O3. The highest BCUT2D eigenvalue weighted by Gasteiger charge is 2.17. The number of aryl methyl sites for hydroxylation is 1. The van der Waals surface area contributed by atoms with E-state index in [0.717, 1.165) is 0 Å². The van der Waals surface area contributed by atoms with Crippen molar-refractivity contribution in [2.75, 3.05) is 6.61 Å². The molecule has 106 valence electrons. The monoisotopic (exact) mass is 278 g/mol. The lowest BCUT2D eigenvalue weighted by atomic mass is 10.1. The zero-order chi connectivity index (χ0) is 14.7. The Morgan fingerprint density at radius 2 is 2.20 bits per heavy atom. The summed E-state index contributed by atoms with van der Waals surface area (Å²) >= 11 is 0. The Labute approximate surface area is 115 Å². The number of benzene rings is 1. The second-order valence-electron chi connectivity index (χ2n) is 4.46. The number of halogens is 1. The molecule has 1 heterocycles. The predicted molar refractivity (Wildman–Crippen MR) is 70.6 cm³/mol. The van der Waals surface area contributed by atoms with Gasteiger partial charge in [0.2, 0.25) is 0 Å². The Bertz CT molecular complexity index is 637. The van der Waals surface area contributed by atoms with E-state index in [1.807, 2.05) is 0 Å². The normalized spacial score (nSPS) is 10.8. The minimum Gasteiger partial charge on any atom is -0.476 e. The maximum absolute atomic E-state index is 13.5. The van der Waals surface area contributed by atoms with Crippen LogP contribution < -0.4 is 0 Å². The van der Waals surface area contributed by atoms with Gasteiger partial charge in [0.1, 0.15) is 5.82 Å². The molecule has 2 N–H and O–H groups in total. The summed E-state index contributed by atoms with van der Waals surface area (Å²) in [6.07, 6.45) is 2.43. The van der Waals surface area contributed by atoms with E-state index in [0.29, 0.717) is 29.7 Å². The summed E-state index contributed by atoms with van der Waals surface area (Å²) in [5.41, 5.74) is 1.36. The van der Waals surface area contributed by atoms with Gasteiger partial charge >= 0.3 is 5.97 Å². The second-order valence-corrected chi connectivity index (χ2v) is 4.46. The van der Waals surface area contributed by atoms with Crippen molar-refractivity contribution in [2.45, 2.75) is 19.8 Å². The quantitative estimate of drug-likeness (QED) is 0.876. The van der Waals surface area contributed by atoms with Gasteiger partial charge in [0.25, 0.3) is 0 Å². The summed E-state index contributed by atoms with van der Waals surface area (Å²) in [7, 11) is 0. The van der Waals surface area contributed by atoms with E-state index in [1.54, 1.807) is 25.3 Å². The minimum atomic E-state index is -1.13. The molecule has 0 saturated carbocycles. The van der Waals surface area contributed by atoms with Crippen LogP contribution in [0.1, 0.15) is 28.0 Å². The number of nitrogens with zero attached hydrogens (tertiary/aromatic N) is 2. The van der Waals surface area contributed by atoms with Gasteiger partial charge in [-0.15, -0.1) is 0 Å². The van der Waals surface area contributed by atoms with Gasteiger partial charge in [0.15, 0.2) is 5.69 Å². The van der Waals surface area contributed by atoms with Gasteiger partial charge in [-0.25, -0.2) is 13.9 Å². The largest absolute Gasteiger partial charge is 0.476 e. The summed E-state index contributed by atoms with van der Waals surface area (Å²) < 4.78 is 14.9. The molecule has 20 heavy (non-hydrogen) atoms. The first-order valence-electron chi connectivity index (χ1n) is 6.22. The van der Waals surface area contributed by atoms with Gasteiger partial charge in [0, 0.05) is 23.9 Å². The number of aliphatic hydroxyl groups excluding tert-OH is 1. The molecule has 2 aromatic rings. The first-order valence-corrected chi connectivity index (χ1v) is 6.22. The molecule has 0 bridgehead atoms. The highest BCUT2D eigenvalue weighted by atomic mass is 19.1. The molecule has 1 aromatic carbocycles. The number of carboxylic acid groups (broad SMARTS) is 1. The molecule has 0 aliphatic carbocycles. The summed E-state index contributed by atoms with van der Waals surface area (Å²) in [6, 6.07) is 4.56. The van der Waals surface area contributed by atoms with E-state index in [4.69, 9.17) is 10.2 Å². The molecule has 6 heteroatoms. The SMILES string of the molecule is Cc1c(F)cccc1-n1cc(CCCO)c(C(=O)O)n1. The number of aliphatic hydroxyl groups is 1. The average molecular weight is 278 g/mol. The third-order valence-electron chi connectivity index (χ3n) is 3.08. The van der Waals surface area contributed by atoms with Crippen LogP contribution in [0.15, 0.2) is 24.4 Å². The van der Waals surface area contributed by atoms with Crippen molar-refractivity contribution in [3.63, 3.8) is 0 Å². The van der Waals surface area contributed by atoms with E-state index in [9.17, 15) is 9.18 Å². The van der Waals surface area contributed by atoms with Crippen LogP contribution in [0.5, 0.6) is 0 Å². The zero-order valence-corrected chi connectivity index (χ0v) is 11.0. The number of carboxylic acids is 1. The average Bonchev–Trinajstić information content (AvgIpc) is 2.83. The van der Waals surface area contributed by atoms with Crippen molar-refractivity contribution >= 4 is 5.97 Å². The van der Waals surface area contributed by atoms with Gasteiger partial charge in [-0.05, 0) is 31.9 Å². The van der Waals surface area contributed by atoms with Crippen molar-refractivity contribution in [1.29, 1.82) is 0 Å². The fourth-order valence-electron chi connectivity index (χ4n) is 2.01. The number of aromatic carboxylic acids is 1. The molecule has 1 aromatic heterocycles. The number of hydrogen-bond acceptors (Lipinski definition) is 3.